The molecule has 0 spiro atoms. The molecule has 10 aromatic carbocycles. The Labute approximate surface area is 314 Å². The number of furan rings is 1. The lowest BCUT2D eigenvalue weighted by Gasteiger charge is -2.17. The lowest BCUT2D eigenvalue weighted by atomic mass is 9.86. The highest BCUT2D eigenvalue weighted by molar-refractivity contribution is 7.26. The number of hydrogen-bond donors (Lipinski definition) is 0. The van der Waals surface area contributed by atoms with Crippen LogP contribution in [0.2, 0.25) is 0 Å². The van der Waals surface area contributed by atoms with Crippen molar-refractivity contribution >= 4 is 96.5 Å². The molecular weight excluding hydrogens is 673 g/mol. The highest BCUT2D eigenvalue weighted by Gasteiger charge is 2.19. The van der Waals surface area contributed by atoms with Gasteiger partial charge in [-0.15, -0.1) is 11.3 Å². The molecule has 250 valence electrons. The summed E-state index contributed by atoms with van der Waals surface area (Å²) >= 11 is 1.88. The first-order valence-corrected chi connectivity index (χ1v) is 19.3. The van der Waals surface area contributed by atoms with Gasteiger partial charge in [0.2, 0.25) is 0 Å². The molecule has 2 heteroatoms. The quantitative estimate of drug-likeness (QED) is 0.167. The van der Waals surface area contributed by atoms with E-state index in [1.54, 1.807) is 0 Å². The molecule has 0 fully saturated rings. The van der Waals surface area contributed by atoms with E-state index in [0.29, 0.717) is 0 Å². The predicted molar refractivity (Wildman–Crippen MR) is 233 cm³/mol. The number of rotatable bonds is 3. The van der Waals surface area contributed by atoms with E-state index in [9.17, 15) is 0 Å². The van der Waals surface area contributed by atoms with Crippen molar-refractivity contribution in [3.63, 3.8) is 0 Å². The van der Waals surface area contributed by atoms with E-state index in [2.05, 4.69) is 182 Å². The molecule has 0 aliphatic heterocycles. The van der Waals surface area contributed by atoms with Crippen molar-refractivity contribution < 1.29 is 4.42 Å². The standard InChI is InChI=1S/C52H30OS/c1-2-11-31(12-3-1)34-16-8-18-37-36(34)17-9-19-38(37)39-20-10-21-41-46(39)29-32-13-4-5-14-35(32)50(41)33-23-24-45-48(30-33)53-47-28-27-44-42(51(45)47)25-26-43-40-15-6-7-22-49(40)54-52(43)44/h1-30H. The third kappa shape index (κ3) is 4.26. The number of fused-ring (bicyclic) bond motifs is 12. The van der Waals surface area contributed by atoms with Crippen LogP contribution in [0.3, 0.4) is 0 Å². The monoisotopic (exact) mass is 702 g/mol. The number of hydrogen-bond acceptors (Lipinski definition) is 2. The van der Waals surface area contributed by atoms with Gasteiger partial charge in [0.25, 0.3) is 0 Å². The lowest BCUT2D eigenvalue weighted by molar-refractivity contribution is 0.669. The molecule has 0 radical (unpaired) electrons. The predicted octanol–water partition coefficient (Wildman–Crippen LogP) is 15.6. The highest BCUT2D eigenvalue weighted by atomic mass is 32.1. The summed E-state index contributed by atoms with van der Waals surface area (Å²) < 4.78 is 9.37. The maximum Gasteiger partial charge on any atom is 0.136 e. The van der Waals surface area contributed by atoms with Gasteiger partial charge in [-0.1, -0.05) is 146 Å². The summed E-state index contributed by atoms with van der Waals surface area (Å²) in [6.07, 6.45) is 0. The van der Waals surface area contributed by atoms with Crippen LogP contribution in [0.4, 0.5) is 0 Å². The summed E-state index contributed by atoms with van der Waals surface area (Å²) in [5.41, 5.74) is 9.17. The van der Waals surface area contributed by atoms with E-state index in [1.807, 2.05) is 11.3 Å². The van der Waals surface area contributed by atoms with E-state index >= 15 is 0 Å². The van der Waals surface area contributed by atoms with Gasteiger partial charge in [-0.25, -0.2) is 0 Å². The molecule has 2 heterocycles. The summed E-state index contributed by atoms with van der Waals surface area (Å²) in [5, 5.41) is 14.9. The molecule has 12 aromatic rings. The topological polar surface area (TPSA) is 13.1 Å². The normalized spacial score (nSPS) is 12.1. The van der Waals surface area contributed by atoms with Crippen LogP contribution < -0.4 is 0 Å². The maximum atomic E-state index is 6.71. The highest BCUT2D eigenvalue weighted by Crippen LogP contribution is 2.46. The second kappa shape index (κ2) is 11.4. The van der Waals surface area contributed by atoms with E-state index in [0.717, 1.165) is 22.1 Å². The fourth-order valence-electron chi connectivity index (χ4n) is 9.07. The van der Waals surface area contributed by atoms with Crippen molar-refractivity contribution in [3.05, 3.63) is 182 Å². The van der Waals surface area contributed by atoms with Crippen molar-refractivity contribution in [2.24, 2.45) is 0 Å². The van der Waals surface area contributed by atoms with Gasteiger partial charge >= 0.3 is 0 Å². The van der Waals surface area contributed by atoms with Crippen LogP contribution in [0.15, 0.2) is 186 Å². The smallest absolute Gasteiger partial charge is 0.136 e. The summed E-state index contributed by atoms with van der Waals surface area (Å²) in [7, 11) is 0. The molecular formula is C52H30OS. The Morgan fingerprint density at radius 3 is 1.83 bits per heavy atom. The molecule has 0 aliphatic carbocycles. The molecule has 0 bridgehead atoms. The molecule has 0 N–H and O–H groups in total. The zero-order valence-corrected chi connectivity index (χ0v) is 30.0. The van der Waals surface area contributed by atoms with E-state index < -0.39 is 0 Å². The Bertz CT molecular complexity index is 3490. The van der Waals surface area contributed by atoms with Crippen LogP contribution in [-0.2, 0) is 0 Å². The molecule has 2 aromatic heterocycles. The molecule has 0 atom stereocenters. The zero-order chi connectivity index (χ0) is 35.3. The molecule has 0 saturated carbocycles. The van der Waals surface area contributed by atoms with E-state index in [1.165, 1.54) is 96.5 Å². The van der Waals surface area contributed by atoms with Gasteiger partial charge in [-0.2, -0.15) is 0 Å². The second-order valence-corrected chi connectivity index (χ2v) is 15.4. The van der Waals surface area contributed by atoms with Gasteiger partial charge in [0, 0.05) is 36.3 Å². The van der Waals surface area contributed by atoms with Crippen LogP contribution in [0.5, 0.6) is 0 Å². The average Bonchev–Trinajstić information content (AvgIpc) is 3.81. The average molecular weight is 703 g/mol. The van der Waals surface area contributed by atoms with Crippen molar-refractivity contribution in [1.82, 2.24) is 0 Å². The first kappa shape index (κ1) is 29.8. The third-order valence-electron chi connectivity index (χ3n) is 11.5. The van der Waals surface area contributed by atoms with Crippen molar-refractivity contribution in [2.75, 3.05) is 0 Å². The Morgan fingerprint density at radius 1 is 0.333 bits per heavy atom. The van der Waals surface area contributed by atoms with Gasteiger partial charge in [0.1, 0.15) is 11.2 Å². The second-order valence-electron chi connectivity index (χ2n) is 14.3. The van der Waals surface area contributed by atoms with E-state index in [4.69, 9.17) is 4.42 Å². The molecule has 0 saturated heterocycles. The minimum Gasteiger partial charge on any atom is -0.456 e. The molecule has 1 nitrogen and oxygen atoms in total. The summed E-state index contributed by atoms with van der Waals surface area (Å²) in [5.74, 6) is 0. The van der Waals surface area contributed by atoms with Crippen LogP contribution in [0.1, 0.15) is 0 Å². The Morgan fingerprint density at radius 2 is 0.963 bits per heavy atom. The van der Waals surface area contributed by atoms with Crippen LogP contribution in [-0.4, -0.2) is 0 Å². The van der Waals surface area contributed by atoms with Crippen molar-refractivity contribution in [2.45, 2.75) is 0 Å². The van der Waals surface area contributed by atoms with Gasteiger partial charge in [-0.05, 0) is 107 Å². The maximum absolute atomic E-state index is 6.71. The van der Waals surface area contributed by atoms with Gasteiger partial charge in [0.05, 0.1) is 0 Å². The van der Waals surface area contributed by atoms with Crippen LogP contribution >= 0.6 is 11.3 Å². The Kier molecular flexibility index (Phi) is 6.28. The van der Waals surface area contributed by atoms with Crippen LogP contribution in [0, 0.1) is 0 Å². The summed E-state index contributed by atoms with van der Waals surface area (Å²) in [4.78, 5) is 0. The fraction of sp³-hybridized carbons (Fsp3) is 0. The minimum atomic E-state index is 0.908. The number of thiophene rings is 1. The third-order valence-corrected chi connectivity index (χ3v) is 12.7. The first-order valence-electron chi connectivity index (χ1n) is 18.5. The summed E-state index contributed by atoms with van der Waals surface area (Å²) in [6.45, 7) is 0. The van der Waals surface area contributed by atoms with Crippen LogP contribution in [0.25, 0.3) is 119 Å². The Hall–Kier alpha value is -6.74. The molecule has 54 heavy (non-hydrogen) atoms. The van der Waals surface area contributed by atoms with Gasteiger partial charge in [0.15, 0.2) is 0 Å². The van der Waals surface area contributed by atoms with Gasteiger partial charge < -0.3 is 4.42 Å². The first-order chi connectivity index (χ1) is 26.8. The molecule has 12 rings (SSSR count). The largest absolute Gasteiger partial charge is 0.456 e. The zero-order valence-electron chi connectivity index (χ0n) is 29.1. The molecule has 0 unspecified atom stereocenters. The number of benzene rings is 10. The van der Waals surface area contributed by atoms with Gasteiger partial charge in [-0.3, -0.25) is 0 Å². The SMILES string of the molecule is c1ccc(-c2cccc3c(-c4cccc5c(-c6ccc7c(c6)oc6ccc8c(ccc9c%10ccccc%10sc98)c67)c6ccccc6cc45)cccc23)cc1. The summed E-state index contributed by atoms with van der Waals surface area (Å²) in [6, 6.07) is 66.6. The molecule has 0 aliphatic rings. The van der Waals surface area contributed by atoms with Crippen molar-refractivity contribution in [1.29, 1.82) is 0 Å². The minimum absolute atomic E-state index is 0.908. The molecule has 0 amide bonds. The Balaban J connectivity index is 1.08. The fourth-order valence-corrected chi connectivity index (χ4v) is 10.3. The van der Waals surface area contributed by atoms with E-state index in [-0.39, 0.29) is 0 Å². The lowest BCUT2D eigenvalue weighted by Crippen LogP contribution is -1.90. The van der Waals surface area contributed by atoms with Crippen molar-refractivity contribution in [3.8, 4) is 33.4 Å².